The summed E-state index contributed by atoms with van der Waals surface area (Å²) in [4.78, 5) is 30.2. The maximum atomic E-state index is 13.6. The summed E-state index contributed by atoms with van der Waals surface area (Å²) >= 11 is 12.4. The first-order valence-corrected chi connectivity index (χ1v) is 16.0. The second-order valence-corrected chi connectivity index (χ2v) is 13.4. The lowest BCUT2D eigenvalue weighted by molar-refractivity contribution is -0.151. The molecule has 2 heterocycles. The minimum atomic E-state index is -0.322. The van der Waals surface area contributed by atoms with Crippen LogP contribution in [0.3, 0.4) is 0 Å². The number of carbonyl (C=O) groups excluding carboxylic acids is 2. The van der Waals surface area contributed by atoms with Crippen LogP contribution in [0.2, 0.25) is 10.0 Å². The maximum Gasteiger partial charge on any atom is 0.303 e. The molecule has 2 bridgehead atoms. The SMILES string of the molecule is CC(=O)OC(CN1CC[C@]23c4c5cccc4O[C@H]2[C@@H](N(C)C(=O)Cc2ccc(Cl)c(Cl)c2)CC[C@H]3[C@H]1C5)c1ccccc1. The van der Waals surface area contributed by atoms with E-state index in [-0.39, 0.29) is 42.0 Å². The summed E-state index contributed by atoms with van der Waals surface area (Å²) in [6.07, 6.45) is 3.61. The number of rotatable bonds is 7. The highest BCUT2D eigenvalue weighted by Gasteiger charge is 2.66. The standard InChI is InChI=1S/C35H36Cl2N2O4/c1-21(40)42-31(23-7-4-3-5-8-23)20-39-16-15-35-25-12-14-28(38(2)32(41)18-22-11-13-26(36)27(37)17-22)34(35)43-30-10-6-9-24(33(30)35)19-29(25)39/h3-11,13,17,25,28-29,31,34H,12,14-16,18-20H2,1-2H3/t25-,28-,29+,31?,34-,35-/m0/s1. The molecule has 1 spiro atoms. The molecule has 1 unspecified atom stereocenters. The van der Waals surface area contributed by atoms with Gasteiger partial charge >= 0.3 is 5.97 Å². The van der Waals surface area contributed by atoms with E-state index in [1.807, 2.05) is 48.3 Å². The van der Waals surface area contributed by atoms with Crippen molar-refractivity contribution in [3.05, 3.63) is 99.0 Å². The molecular formula is C35H36Cl2N2O4. The van der Waals surface area contributed by atoms with Crippen LogP contribution >= 0.6 is 23.2 Å². The minimum Gasteiger partial charge on any atom is -0.487 e. The molecule has 1 saturated carbocycles. The van der Waals surface area contributed by atoms with Gasteiger partial charge < -0.3 is 14.4 Å². The number of nitrogens with zero attached hydrogens (tertiary/aromatic N) is 2. The van der Waals surface area contributed by atoms with E-state index < -0.39 is 0 Å². The van der Waals surface area contributed by atoms with Crippen LogP contribution in [-0.4, -0.2) is 60.0 Å². The van der Waals surface area contributed by atoms with Crippen LogP contribution in [0.1, 0.15) is 54.5 Å². The number of ether oxygens (including phenoxy) is 2. The van der Waals surface area contributed by atoms with Crippen LogP contribution in [0.5, 0.6) is 5.75 Å². The molecule has 224 valence electrons. The van der Waals surface area contributed by atoms with E-state index in [2.05, 4.69) is 23.1 Å². The maximum absolute atomic E-state index is 13.6. The first-order valence-electron chi connectivity index (χ1n) is 15.2. The lowest BCUT2D eigenvalue weighted by atomic mass is 9.51. The van der Waals surface area contributed by atoms with Crippen LogP contribution < -0.4 is 4.74 Å². The fraction of sp³-hybridized carbons (Fsp3) is 0.429. The van der Waals surface area contributed by atoms with E-state index in [0.717, 1.165) is 49.1 Å². The Kier molecular flexibility index (Phi) is 7.43. The molecule has 3 aromatic rings. The highest BCUT2D eigenvalue weighted by Crippen LogP contribution is 2.62. The Labute approximate surface area is 262 Å². The van der Waals surface area contributed by atoms with Crippen molar-refractivity contribution in [3.63, 3.8) is 0 Å². The van der Waals surface area contributed by atoms with Crippen LogP contribution in [0, 0.1) is 5.92 Å². The Hall–Kier alpha value is -3.06. The summed E-state index contributed by atoms with van der Waals surface area (Å²) in [5.74, 6) is 1.17. The average molecular weight is 620 g/mol. The predicted molar refractivity (Wildman–Crippen MR) is 167 cm³/mol. The summed E-state index contributed by atoms with van der Waals surface area (Å²) in [5.41, 5.74) is 4.44. The molecule has 0 aromatic heterocycles. The molecule has 8 heteroatoms. The number of amides is 1. The Morgan fingerprint density at radius 3 is 2.65 bits per heavy atom. The zero-order valence-corrected chi connectivity index (χ0v) is 26.0. The largest absolute Gasteiger partial charge is 0.487 e. The summed E-state index contributed by atoms with van der Waals surface area (Å²) in [7, 11) is 1.92. The quantitative estimate of drug-likeness (QED) is 0.287. The normalized spacial score (nSPS) is 27.5. The van der Waals surface area contributed by atoms with Gasteiger partial charge in [-0.3, -0.25) is 14.5 Å². The Morgan fingerprint density at radius 1 is 1.07 bits per heavy atom. The molecule has 0 N–H and O–H groups in total. The zero-order valence-electron chi connectivity index (χ0n) is 24.5. The molecule has 6 atom stereocenters. The van der Waals surface area contributed by atoms with Gasteiger partial charge in [-0.2, -0.15) is 0 Å². The van der Waals surface area contributed by atoms with Crippen molar-refractivity contribution < 1.29 is 19.1 Å². The number of hydrogen-bond donors (Lipinski definition) is 0. The van der Waals surface area contributed by atoms with Crippen molar-refractivity contribution in [2.45, 2.75) is 68.7 Å². The van der Waals surface area contributed by atoms with Gasteiger partial charge in [0.25, 0.3) is 0 Å². The van der Waals surface area contributed by atoms with Crippen LogP contribution in [0.25, 0.3) is 0 Å². The van der Waals surface area contributed by atoms with Crippen molar-refractivity contribution in [1.29, 1.82) is 0 Å². The van der Waals surface area contributed by atoms with Crippen molar-refractivity contribution >= 4 is 35.1 Å². The van der Waals surface area contributed by atoms with Crippen molar-refractivity contribution in [1.82, 2.24) is 9.80 Å². The van der Waals surface area contributed by atoms with Gasteiger partial charge in [0.05, 0.1) is 22.5 Å². The molecule has 2 aliphatic carbocycles. The van der Waals surface area contributed by atoms with Gasteiger partial charge in [-0.1, -0.05) is 71.7 Å². The van der Waals surface area contributed by atoms with Crippen LogP contribution in [-0.2, 0) is 32.6 Å². The predicted octanol–water partition coefficient (Wildman–Crippen LogP) is 6.41. The Morgan fingerprint density at radius 2 is 1.88 bits per heavy atom. The summed E-state index contributed by atoms with van der Waals surface area (Å²) < 4.78 is 12.8. The fourth-order valence-corrected chi connectivity index (χ4v) is 8.94. The molecule has 1 amide bonds. The van der Waals surface area contributed by atoms with Crippen molar-refractivity contribution in [2.24, 2.45) is 5.92 Å². The number of carbonyl (C=O) groups is 2. The summed E-state index contributed by atoms with van der Waals surface area (Å²) in [5, 5.41) is 0.942. The molecule has 2 fully saturated rings. The molecule has 7 rings (SSSR count). The molecule has 3 aromatic carbocycles. The van der Waals surface area contributed by atoms with Gasteiger partial charge in [-0.05, 0) is 73.0 Å². The summed E-state index contributed by atoms with van der Waals surface area (Å²) in [6.45, 7) is 3.03. The molecule has 4 aliphatic rings. The highest BCUT2D eigenvalue weighted by molar-refractivity contribution is 6.42. The number of piperidine rings is 1. The van der Waals surface area contributed by atoms with Crippen molar-refractivity contribution in [2.75, 3.05) is 20.1 Å². The van der Waals surface area contributed by atoms with E-state index in [1.165, 1.54) is 18.1 Å². The van der Waals surface area contributed by atoms with Gasteiger partial charge in [0, 0.05) is 37.5 Å². The Balaban J connectivity index is 1.18. The number of benzene rings is 3. The molecule has 1 saturated heterocycles. The van der Waals surface area contributed by atoms with E-state index in [9.17, 15) is 9.59 Å². The van der Waals surface area contributed by atoms with E-state index in [1.54, 1.807) is 12.1 Å². The smallest absolute Gasteiger partial charge is 0.303 e. The molecule has 6 nitrogen and oxygen atoms in total. The summed E-state index contributed by atoms with van der Waals surface area (Å²) in [6, 6.07) is 22.2. The van der Waals surface area contributed by atoms with Gasteiger partial charge in [-0.15, -0.1) is 0 Å². The number of likely N-dealkylation sites (N-methyl/N-ethyl adjacent to an activating group) is 1. The second kappa shape index (κ2) is 11.1. The van der Waals surface area contributed by atoms with Gasteiger partial charge in [-0.25, -0.2) is 0 Å². The van der Waals surface area contributed by atoms with E-state index >= 15 is 0 Å². The second-order valence-electron chi connectivity index (χ2n) is 12.6. The van der Waals surface area contributed by atoms with Gasteiger partial charge in [0.1, 0.15) is 18.0 Å². The van der Waals surface area contributed by atoms with E-state index in [4.69, 9.17) is 32.7 Å². The van der Waals surface area contributed by atoms with Crippen LogP contribution in [0.4, 0.5) is 0 Å². The molecule has 43 heavy (non-hydrogen) atoms. The number of hydrogen-bond acceptors (Lipinski definition) is 5. The van der Waals surface area contributed by atoms with Crippen molar-refractivity contribution in [3.8, 4) is 5.75 Å². The third-order valence-electron chi connectivity index (χ3n) is 10.4. The average Bonchev–Trinajstić information content (AvgIpc) is 3.34. The van der Waals surface area contributed by atoms with E-state index in [0.29, 0.717) is 28.5 Å². The molecule has 0 radical (unpaired) electrons. The number of likely N-dealkylation sites (tertiary alicyclic amines) is 1. The lowest BCUT2D eigenvalue weighted by Gasteiger charge is -2.60. The lowest BCUT2D eigenvalue weighted by Crippen LogP contribution is -2.69. The first kappa shape index (κ1) is 28.7. The minimum absolute atomic E-state index is 0.0322. The molecular weight excluding hydrogens is 583 g/mol. The topological polar surface area (TPSA) is 59.1 Å². The zero-order chi connectivity index (χ0) is 29.9. The van der Waals surface area contributed by atoms with Gasteiger partial charge in [0.2, 0.25) is 5.91 Å². The third kappa shape index (κ3) is 4.83. The third-order valence-corrected chi connectivity index (χ3v) is 11.1. The van der Waals surface area contributed by atoms with Gasteiger partial charge in [0.15, 0.2) is 0 Å². The number of esters is 1. The Bertz CT molecular complexity index is 1560. The molecule has 2 aliphatic heterocycles. The number of halogens is 2. The highest BCUT2D eigenvalue weighted by atomic mass is 35.5. The fourth-order valence-electron chi connectivity index (χ4n) is 8.62. The first-order chi connectivity index (χ1) is 20.8. The van der Waals surface area contributed by atoms with Crippen LogP contribution in [0.15, 0.2) is 66.7 Å². The monoisotopic (exact) mass is 618 g/mol.